The average molecular weight is 260 g/mol. The van der Waals surface area contributed by atoms with E-state index in [2.05, 4.69) is 31.4 Å². The Kier molecular flexibility index (Phi) is 6.68. The SMILES string of the molecule is COCC(NC(=O)NCC(C)C(C)(C)C)C(=O)O. The number of rotatable bonds is 6. The van der Waals surface area contributed by atoms with E-state index in [9.17, 15) is 9.59 Å². The van der Waals surface area contributed by atoms with Crippen LogP contribution < -0.4 is 10.6 Å². The molecule has 2 atom stereocenters. The lowest BCUT2D eigenvalue weighted by Crippen LogP contribution is -2.49. The van der Waals surface area contributed by atoms with Crippen molar-refractivity contribution >= 4 is 12.0 Å². The third-order valence-corrected chi connectivity index (χ3v) is 2.98. The summed E-state index contributed by atoms with van der Waals surface area (Å²) in [7, 11) is 1.39. The fraction of sp³-hybridized carbons (Fsp3) is 0.833. The second kappa shape index (κ2) is 7.20. The zero-order valence-corrected chi connectivity index (χ0v) is 11.7. The molecule has 0 rings (SSSR count). The van der Waals surface area contributed by atoms with Gasteiger partial charge < -0.3 is 20.5 Å². The highest BCUT2D eigenvalue weighted by Gasteiger charge is 2.22. The van der Waals surface area contributed by atoms with E-state index in [1.807, 2.05) is 6.92 Å². The van der Waals surface area contributed by atoms with Crippen LogP contribution in [-0.4, -0.2) is 43.4 Å². The van der Waals surface area contributed by atoms with Gasteiger partial charge in [-0.25, -0.2) is 9.59 Å². The van der Waals surface area contributed by atoms with Gasteiger partial charge in [0.25, 0.3) is 0 Å². The summed E-state index contributed by atoms with van der Waals surface area (Å²) in [5.41, 5.74) is 0.0893. The predicted molar refractivity (Wildman–Crippen MR) is 68.5 cm³/mol. The van der Waals surface area contributed by atoms with Gasteiger partial charge in [-0.1, -0.05) is 27.7 Å². The standard InChI is InChI=1S/C12H24N2O4/c1-8(12(2,3)4)6-13-11(17)14-9(7-18-5)10(15)16/h8-9H,6-7H2,1-5H3,(H,15,16)(H2,13,14,17). The molecule has 0 bridgehead atoms. The van der Waals surface area contributed by atoms with Crippen molar-refractivity contribution in [3.8, 4) is 0 Å². The van der Waals surface area contributed by atoms with Gasteiger partial charge in [-0.3, -0.25) is 0 Å². The molecule has 0 aliphatic rings. The number of aliphatic carboxylic acids is 1. The number of nitrogens with one attached hydrogen (secondary N) is 2. The topological polar surface area (TPSA) is 87.7 Å². The first-order valence-electron chi connectivity index (χ1n) is 5.94. The van der Waals surface area contributed by atoms with Crippen LogP contribution in [0.15, 0.2) is 0 Å². The number of hydrogen-bond donors (Lipinski definition) is 3. The lowest BCUT2D eigenvalue weighted by atomic mass is 9.82. The molecule has 18 heavy (non-hydrogen) atoms. The Morgan fingerprint density at radius 3 is 2.28 bits per heavy atom. The van der Waals surface area contributed by atoms with Crippen molar-refractivity contribution in [2.45, 2.75) is 33.7 Å². The molecule has 0 fully saturated rings. The third kappa shape index (κ3) is 6.44. The van der Waals surface area contributed by atoms with E-state index >= 15 is 0 Å². The van der Waals surface area contributed by atoms with Crippen LogP contribution in [0.1, 0.15) is 27.7 Å². The van der Waals surface area contributed by atoms with Gasteiger partial charge in [0.1, 0.15) is 0 Å². The minimum absolute atomic E-state index is 0.0580. The lowest BCUT2D eigenvalue weighted by molar-refractivity contribution is -0.140. The number of amides is 2. The molecule has 0 heterocycles. The lowest BCUT2D eigenvalue weighted by Gasteiger charge is -2.27. The van der Waals surface area contributed by atoms with Gasteiger partial charge in [-0.15, -0.1) is 0 Å². The average Bonchev–Trinajstić information content (AvgIpc) is 2.23. The minimum Gasteiger partial charge on any atom is -0.480 e. The van der Waals surface area contributed by atoms with Crippen LogP contribution >= 0.6 is 0 Å². The first kappa shape index (κ1) is 16.7. The zero-order chi connectivity index (χ0) is 14.3. The number of carboxylic acids is 1. The summed E-state index contributed by atoms with van der Waals surface area (Å²) in [6.07, 6.45) is 0. The van der Waals surface area contributed by atoms with Crippen LogP contribution in [0.4, 0.5) is 4.79 Å². The van der Waals surface area contributed by atoms with Crippen LogP contribution in [0, 0.1) is 11.3 Å². The molecule has 0 saturated carbocycles. The number of hydrogen-bond acceptors (Lipinski definition) is 3. The van der Waals surface area contributed by atoms with E-state index in [0.29, 0.717) is 6.54 Å². The summed E-state index contributed by atoms with van der Waals surface area (Å²) in [6.45, 7) is 8.73. The molecule has 6 heteroatoms. The molecule has 3 N–H and O–H groups in total. The van der Waals surface area contributed by atoms with E-state index in [1.165, 1.54) is 7.11 Å². The fourth-order valence-electron chi connectivity index (χ4n) is 1.10. The molecule has 0 saturated heterocycles. The van der Waals surface area contributed by atoms with Gasteiger partial charge in [-0.2, -0.15) is 0 Å². The first-order chi connectivity index (χ1) is 8.18. The van der Waals surface area contributed by atoms with Crippen LogP contribution in [0.3, 0.4) is 0 Å². The highest BCUT2D eigenvalue weighted by atomic mass is 16.5. The van der Waals surface area contributed by atoms with E-state index in [4.69, 9.17) is 9.84 Å². The number of ether oxygens (including phenoxy) is 1. The molecule has 0 aromatic heterocycles. The van der Waals surface area contributed by atoms with E-state index < -0.39 is 18.0 Å². The highest BCUT2D eigenvalue weighted by Crippen LogP contribution is 2.24. The largest absolute Gasteiger partial charge is 0.480 e. The molecule has 0 spiro atoms. The fourth-order valence-corrected chi connectivity index (χ4v) is 1.10. The van der Waals surface area contributed by atoms with Crippen molar-refractivity contribution in [1.29, 1.82) is 0 Å². The molecule has 6 nitrogen and oxygen atoms in total. The summed E-state index contributed by atoms with van der Waals surface area (Å²) in [4.78, 5) is 22.3. The zero-order valence-electron chi connectivity index (χ0n) is 11.7. The molecule has 106 valence electrons. The molecule has 0 aliphatic carbocycles. The van der Waals surface area contributed by atoms with Gasteiger partial charge >= 0.3 is 12.0 Å². The van der Waals surface area contributed by atoms with Crippen molar-refractivity contribution in [1.82, 2.24) is 10.6 Å². The maximum atomic E-state index is 11.5. The van der Waals surface area contributed by atoms with E-state index in [0.717, 1.165) is 0 Å². The van der Waals surface area contributed by atoms with Crippen LogP contribution in [-0.2, 0) is 9.53 Å². The summed E-state index contributed by atoms with van der Waals surface area (Å²) in [6, 6.07) is -1.52. The van der Waals surface area contributed by atoms with Crippen molar-refractivity contribution in [3.05, 3.63) is 0 Å². The van der Waals surface area contributed by atoms with Gasteiger partial charge in [0.2, 0.25) is 0 Å². The molecule has 0 aromatic carbocycles. The third-order valence-electron chi connectivity index (χ3n) is 2.98. The molecule has 0 aromatic rings. The van der Waals surface area contributed by atoms with Crippen molar-refractivity contribution in [2.24, 2.45) is 11.3 Å². The molecular weight excluding hydrogens is 236 g/mol. The van der Waals surface area contributed by atoms with Crippen LogP contribution in [0.25, 0.3) is 0 Å². The van der Waals surface area contributed by atoms with Crippen molar-refractivity contribution in [3.63, 3.8) is 0 Å². The van der Waals surface area contributed by atoms with Crippen LogP contribution in [0.2, 0.25) is 0 Å². The van der Waals surface area contributed by atoms with Gasteiger partial charge in [0.15, 0.2) is 6.04 Å². The minimum atomic E-state index is -1.11. The van der Waals surface area contributed by atoms with E-state index in [-0.39, 0.29) is 17.9 Å². The van der Waals surface area contributed by atoms with Crippen molar-refractivity contribution in [2.75, 3.05) is 20.3 Å². The number of carbonyl (C=O) groups is 2. The van der Waals surface area contributed by atoms with Gasteiger partial charge in [0, 0.05) is 13.7 Å². The monoisotopic (exact) mass is 260 g/mol. The summed E-state index contributed by atoms with van der Waals surface area (Å²) in [5, 5.41) is 13.9. The molecule has 0 radical (unpaired) electrons. The van der Waals surface area contributed by atoms with E-state index in [1.54, 1.807) is 0 Å². The number of methoxy groups -OCH3 is 1. The van der Waals surface area contributed by atoms with Crippen molar-refractivity contribution < 1.29 is 19.4 Å². The Labute approximate surface area is 108 Å². The maximum Gasteiger partial charge on any atom is 0.328 e. The summed E-state index contributed by atoms with van der Waals surface area (Å²) < 4.78 is 4.72. The Morgan fingerprint density at radius 1 is 1.33 bits per heavy atom. The quantitative estimate of drug-likeness (QED) is 0.666. The summed E-state index contributed by atoms with van der Waals surface area (Å²) >= 11 is 0. The number of carbonyl (C=O) groups excluding carboxylic acids is 1. The molecule has 2 amide bonds. The number of carboxylic acid groups (broad SMARTS) is 1. The Bertz CT molecular complexity index is 286. The molecular formula is C12H24N2O4. The Balaban J connectivity index is 4.14. The second-order valence-corrected chi connectivity index (χ2v) is 5.47. The first-order valence-corrected chi connectivity index (χ1v) is 5.94. The molecule has 0 aliphatic heterocycles. The van der Waals surface area contributed by atoms with Gasteiger partial charge in [-0.05, 0) is 11.3 Å². The Morgan fingerprint density at radius 2 is 1.89 bits per heavy atom. The predicted octanol–water partition coefficient (Wildman–Crippen LogP) is 1.07. The summed E-state index contributed by atoms with van der Waals surface area (Å²) in [5.74, 6) is -0.829. The maximum absolute atomic E-state index is 11.5. The second-order valence-electron chi connectivity index (χ2n) is 5.47. The number of urea groups is 1. The Hall–Kier alpha value is -1.30. The smallest absolute Gasteiger partial charge is 0.328 e. The van der Waals surface area contributed by atoms with Gasteiger partial charge in [0.05, 0.1) is 6.61 Å². The van der Waals surface area contributed by atoms with Crippen LogP contribution in [0.5, 0.6) is 0 Å². The molecule has 2 unspecified atom stereocenters. The highest BCUT2D eigenvalue weighted by molar-refractivity contribution is 5.82. The normalized spacial score (nSPS) is 14.7.